The summed E-state index contributed by atoms with van der Waals surface area (Å²) in [5.41, 5.74) is 9.63. The molecule has 7 heteroatoms. The molecule has 0 aliphatic heterocycles. The number of nitrogens with one attached hydrogen (secondary N) is 3. The number of benzene rings is 1. The Hall–Kier alpha value is -3.16. The van der Waals surface area contributed by atoms with Crippen molar-refractivity contribution in [2.24, 2.45) is 5.73 Å². The molecule has 1 amide bonds. The van der Waals surface area contributed by atoms with Gasteiger partial charge < -0.3 is 21.4 Å². The van der Waals surface area contributed by atoms with E-state index < -0.39 is 0 Å². The molecule has 0 radical (unpaired) electrons. The summed E-state index contributed by atoms with van der Waals surface area (Å²) in [6.45, 7) is 0.373. The molecule has 0 bridgehead atoms. The van der Waals surface area contributed by atoms with E-state index in [9.17, 15) is 4.79 Å². The number of rotatable bonds is 6. The second-order valence-electron chi connectivity index (χ2n) is 6.11. The monoisotopic (exact) mass is 377 g/mol. The lowest BCUT2D eigenvalue weighted by molar-refractivity contribution is 0.0956. The summed E-state index contributed by atoms with van der Waals surface area (Å²) in [5, 5.41) is 9.14. The van der Waals surface area contributed by atoms with Crippen LogP contribution in [0.5, 0.6) is 0 Å². The Morgan fingerprint density at radius 1 is 1.15 bits per heavy atom. The van der Waals surface area contributed by atoms with Crippen LogP contribution in [-0.4, -0.2) is 22.4 Å². The Labute approximate surface area is 160 Å². The molecule has 0 saturated carbocycles. The molecule has 4 rings (SSSR count). The largest absolute Gasteiger partial charge is 0.354 e. The number of hydrogen-bond donors (Lipinski definition) is 4. The SMILES string of the molecule is NC(CNC(=O)c1sccc1Nc1ccnc2[nH]ccc12)c1ccccc1. The van der Waals surface area contributed by atoms with Gasteiger partial charge in [-0.05, 0) is 29.1 Å². The zero-order valence-electron chi connectivity index (χ0n) is 14.5. The number of aromatic amines is 1. The van der Waals surface area contributed by atoms with Gasteiger partial charge in [-0.2, -0.15) is 0 Å². The number of carbonyl (C=O) groups excluding carboxylic acids is 1. The summed E-state index contributed by atoms with van der Waals surface area (Å²) in [5.74, 6) is -0.141. The molecule has 3 heterocycles. The summed E-state index contributed by atoms with van der Waals surface area (Å²) in [6.07, 6.45) is 3.57. The number of thiophene rings is 1. The van der Waals surface area contributed by atoms with Crippen molar-refractivity contribution in [3.05, 3.63) is 76.7 Å². The predicted molar refractivity (Wildman–Crippen MR) is 109 cm³/mol. The highest BCUT2D eigenvalue weighted by molar-refractivity contribution is 7.12. The van der Waals surface area contributed by atoms with E-state index in [2.05, 4.69) is 20.6 Å². The zero-order chi connectivity index (χ0) is 18.6. The smallest absolute Gasteiger partial charge is 0.263 e. The van der Waals surface area contributed by atoms with Crippen LogP contribution in [0.1, 0.15) is 21.3 Å². The Kier molecular flexibility index (Phi) is 4.86. The lowest BCUT2D eigenvalue weighted by Crippen LogP contribution is -2.31. The first kappa shape index (κ1) is 17.3. The van der Waals surface area contributed by atoms with Gasteiger partial charge >= 0.3 is 0 Å². The van der Waals surface area contributed by atoms with Crippen LogP contribution in [0.25, 0.3) is 11.0 Å². The number of fused-ring (bicyclic) bond motifs is 1. The second-order valence-corrected chi connectivity index (χ2v) is 7.03. The average molecular weight is 377 g/mol. The molecule has 136 valence electrons. The molecule has 3 aromatic heterocycles. The number of pyridine rings is 1. The van der Waals surface area contributed by atoms with E-state index in [1.165, 1.54) is 11.3 Å². The minimum atomic E-state index is -0.244. The van der Waals surface area contributed by atoms with E-state index >= 15 is 0 Å². The van der Waals surface area contributed by atoms with Crippen LogP contribution in [0, 0.1) is 0 Å². The van der Waals surface area contributed by atoms with Crippen LogP contribution in [-0.2, 0) is 0 Å². The van der Waals surface area contributed by atoms with Crippen molar-refractivity contribution >= 4 is 39.7 Å². The molecular weight excluding hydrogens is 358 g/mol. The topological polar surface area (TPSA) is 95.8 Å². The number of hydrogen-bond acceptors (Lipinski definition) is 5. The van der Waals surface area contributed by atoms with Gasteiger partial charge in [0, 0.05) is 30.4 Å². The second kappa shape index (κ2) is 7.61. The van der Waals surface area contributed by atoms with Gasteiger partial charge in [-0.1, -0.05) is 30.3 Å². The molecule has 0 aliphatic carbocycles. The Balaban J connectivity index is 1.47. The first-order chi connectivity index (χ1) is 13.2. The van der Waals surface area contributed by atoms with Gasteiger partial charge in [-0.25, -0.2) is 4.98 Å². The molecule has 0 saturated heterocycles. The van der Waals surface area contributed by atoms with Gasteiger partial charge in [-0.3, -0.25) is 4.79 Å². The van der Waals surface area contributed by atoms with Gasteiger partial charge in [0.2, 0.25) is 0 Å². The van der Waals surface area contributed by atoms with Gasteiger partial charge in [0.25, 0.3) is 5.91 Å². The highest BCUT2D eigenvalue weighted by Gasteiger charge is 2.16. The minimum absolute atomic E-state index is 0.141. The normalized spacial score (nSPS) is 12.0. The predicted octanol–water partition coefficient (Wildman–Crippen LogP) is 3.80. The fourth-order valence-electron chi connectivity index (χ4n) is 2.90. The maximum absolute atomic E-state index is 12.7. The van der Waals surface area contributed by atoms with Crippen molar-refractivity contribution in [2.45, 2.75) is 6.04 Å². The summed E-state index contributed by atoms with van der Waals surface area (Å²) in [4.78, 5) is 20.6. The van der Waals surface area contributed by atoms with Gasteiger partial charge in [0.05, 0.1) is 11.4 Å². The van der Waals surface area contributed by atoms with Crippen molar-refractivity contribution in [1.82, 2.24) is 15.3 Å². The number of aromatic nitrogens is 2. The highest BCUT2D eigenvalue weighted by atomic mass is 32.1. The van der Waals surface area contributed by atoms with Crippen LogP contribution >= 0.6 is 11.3 Å². The third kappa shape index (κ3) is 3.69. The molecule has 1 unspecified atom stereocenters. The lowest BCUT2D eigenvalue weighted by Gasteiger charge is -2.14. The van der Waals surface area contributed by atoms with Crippen LogP contribution in [0.4, 0.5) is 11.4 Å². The highest BCUT2D eigenvalue weighted by Crippen LogP contribution is 2.29. The Morgan fingerprint density at radius 2 is 2.00 bits per heavy atom. The third-order valence-electron chi connectivity index (χ3n) is 4.31. The van der Waals surface area contributed by atoms with Crippen molar-refractivity contribution < 1.29 is 4.79 Å². The minimum Gasteiger partial charge on any atom is -0.354 e. The Bertz CT molecular complexity index is 1060. The number of amides is 1. The van der Waals surface area contributed by atoms with Crippen LogP contribution in [0.15, 0.2) is 66.3 Å². The maximum atomic E-state index is 12.7. The summed E-state index contributed by atoms with van der Waals surface area (Å²) < 4.78 is 0. The number of anilines is 2. The van der Waals surface area contributed by atoms with E-state index in [1.807, 2.05) is 60.1 Å². The van der Waals surface area contributed by atoms with Crippen molar-refractivity contribution in [1.29, 1.82) is 0 Å². The van der Waals surface area contributed by atoms with E-state index in [4.69, 9.17) is 5.73 Å². The first-order valence-corrected chi connectivity index (χ1v) is 9.45. The van der Waals surface area contributed by atoms with E-state index in [0.29, 0.717) is 11.4 Å². The molecule has 6 nitrogen and oxygen atoms in total. The summed E-state index contributed by atoms with van der Waals surface area (Å²) in [7, 11) is 0. The Morgan fingerprint density at radius 3 is 2.85 bits per heavy atom. The average Bonchev–Trinajstić information content (AvgIpc) is 3.36. The summed E-state index contributed by atoms with van der Waals surface area (Å²) in [6, 6.07) is 15.2. The molecule has 4 aromatic rings. The third-order valence-corrected chi connectivity index (χ3v) is 5.22. The quantitative estimate of drug-likeness (QED) is 0.411. The maximum Gasteiger partial charge on any atom is 0.263 e. The molecular formula is C20H19N5OS. The fraction of sp³-hybridized carbons (Fsp3) is 0.100. The van der Waals surface area contributed by atoms with Gasteiger partial charge in [0.1, 0.15) is 10.5 Å². The fourth-order valence-corrected chi connectivity index (χ4v) is 3.66. The van der Waals surface area contributed by atoms with Crippen molar-refractivity contribution in [3.63, 3.8) is 0 Å². The van der Waals surface area contributed by atoms with E-state index in [-0.39, 0.29) is 11.9 Å². The molecule has 1 atom stereocenters. The number of nitrogens with two attached hydrogens (primary N) is 1. The van der Waals surface area contributed by atoms with Crippen molar-refractivity contribution in [2.75, 3.05) is 11.9 Å². The summed E-state index contributed by atoms with van der Waals surface area (Å²) >= 11 is 1.39. The van der Waals surface area contributed by atoms with E-state index in [0.717, 1.165) is 28.0 Å². The van der Waals surface area contributed by atoms with Crippen LogP contribution in [0.3, 0.4) is 0 Å². The molecule has 1 aromatic carbocycles. The molecule has 0 fully saturated rings. The number of nitrogens with zero attached hydrogens (tertiary/aromatic N) is 1. The number of H-pyrrole nitrogens is 1. The van der Waals surface area contributed by atoms with Crippen molar-refractivity contribution in [3.8, 4) is 0 Å². The van der Waals surface area contributed by atoms with E-state index in [1.54, 1.807) is 6.20 Å². The molecule has 27 heavy (non-hydrogen) atoms. The first-order valence-electron chi connectivity index (χ1n) is 8.57. The lowest BCUT2D eigenvalue weighted by atomic mass is 10.1. The van der Waals surface area contributed by atoms with Crippen LogP contribution in [0.2, 0.25) is 0 Å². The molecule has 0 aliphatic rings. The number of carbonyl (C=O) groups is 1. The zero-order valence-corrected chi connectivity index (χ0v) is 15.3. The van der Waals surface area contributed by atoms with Gasteiger partial charge in [0.15, 0.2) is 0 Å². The molecule has 0 spiro atoms. The van der Waals surface area contributed by atoms with Crippen LogP contribution < -0.4 is 16.4 Å². The molecule has 5 N–H and O–H groups in total. The standard InChI is InChI=1S/C20H19N5OS/c21-15(13-4-2-1-3-5-13)12-24-20(26)18-17(8-11-27-18)25-16-7-10-23-19-14(16)6-9-22-19/h1-11,15H,12,21H2,(H,24,26)(H2,22,23,25). The van der Waals surface area contributed by atoms with Gasteiger partial charge in [-0.15, -0.1) is 11.3 Å².